The molecule has 21 heavy (non-hydrogen) atoms. The first-order valence-corrected chi connectivity index (χ1v) is 6.80. The average molecular weight is 280 g/mol. The molecule has 2 aromatic carbocycles. The Hall–Kier alpha value is -2.69. The van der Waals surface area contributed by atoms with Gasteiger partial charge in [-0.3, -0.25) is 0 Å². The van der Waals surface area contributed by atoms with E-state index in [1.807, 2.05) is 18.2 Å². The summed E-state index contributed by atoms with van der Waals surface area (Å²) in [4.78, 5) is 0. The molecule has 2 heterocycles. The van der Waals surface area contributed by atoms with Gasteiger partial charge in [0.1, 0.15) is 5.82 Å². The molecule has 0 radical (unpaired) electrons. The van der Waals surface area contributed by atoms with Crippen molar-refractivity contribution in [2.45, 2.75) is 13.0 Å². The first-order chi connectivity index (χ1) is 10.2. The van der Waals surface area contributed by atoms with Crippen LogP contribution in [0.1, 0.15) is 5.56 Å². The molecule has 1 aliphatic rings. The van der Waals surface area contributed by atoms with E-state index >= 15 is 0 Å². The van der Waals surface area contributed by atoms with Crippen LogP contribution in [0.3, 0.4) is 0 Å². The highest BCUT2D eigenvalue weighted by Crippen LogP contribution is 2.32. The number of hydrogen-bond donors (Lipinski definition) is 1. The molecule has 1 aliphatic heterocycles. The Bertz CT molecular complexity index is 821. The summed E-state index contributed by atoms with van der Waals surface area (Å²) in [6, 6.07) is 12.2. The zero-order chi connectivity index (χ0) is 14.4. The summed E-state index contributed by atoms with van der Waals surface area (Å²) in [5, 5.41) is 8.58. The smallest absolute Gasteiger partial charge is 0.164 e. The average Bonchev–Trinajstić information content (AvgIpc) is 2.92. The van der Waals surface area contributed by atoms with E-state index in [1.54, 1.807) is 12.1 Å². The van der Waals surface area contributed by atoms with Gasteiger partial charge in [-0.15, -0.1) is 10.2 Å². The standard InChI is InChI=1S/C16H13FN4/c17-12-4-1-11(2-5-12)15-19-20-16-14-9-13(18)6-3-10(14)7-8-21(15)16/h1-6,9H,7-8,18H2. The fourth-order valence-electron chi connectivity index (χ4n) is 2.78. The highest BCUT2D eigenvalue weighted by molar-refractivity contribution is 5.70. The van der Waals surface area contributed by atoms with E-state index in [-0.39, 0.29) is 5.82 Å². The van der Waals surface area contributed by atoms with E-state index in [0.29, 0.717) is 5.69 Å². The Labute approximate surface area is 121 Å². The maximum absolute atomic E-state index is 13.1. The lowest BCUT2D eigenvalue weighted by Crippen LogP contribution is -2.12. The van der Waals surface area contributed by atoms with Gasteiger partial charge in [0.25, 0.3) is 0 Å². The third kappa shape index (κ3) is 1.89. The van der Waals surface area contributed by atoms with Gasteiger partial charge >= 0.3 is 0 Å². The summed E-state index contributed by atoms with van der Waals surface area (Å²) in [7, 11) is 0. The third-order valence-electron chi connectivity index (χ3n) is 3.83. The maximum Gasteiger partial charge on any atom is 0.164 e. The third-order valence-corrected chi connectivity index (χ3v) is 3.83. The predicted molar refractivity (Wildman–Crippen MR) is 79.0 cm³/mol. The fourth-order valence-corrected chi connectivity index (χ4v) is 2.78. The molecule has 104 valence electrons. The summed E-state index contributed by atoms with van der Waals surface area (Å²) in [5.41, 5.74) is 9.72. The van der Waals surface area contributed by atoms with E-state index in [1.165, 1.54) is 17.7 Å². The molecular formula is C16H13FN4. The molecule has 4 rings (SSSR count). The Balaban J connectivity index is 1.87. The van der Waals surface area contributed by atoms with Crippen LogP contribution in [0.2, 0.25) is 0 Å². The van der Waals surface area contributed by atoms with Crippen LogP contribution in [0.5, 0.6) is 0 Å². The number of benzene rings is 2. The number of nitrogens with two attached hydrogens (primary N) is 1. The zero-order valence-electron chi connectivity index (χ0n) is 11.3. The molecule has 3 aromatic rings. The highest BCUT2D eigenvalue weighted by Gasteiger charge is 2.22. The predicted octanol–water partition coefficient (Wildman–Crippen LogP) is 2.89. The van der Waals surface area contributed by atoms with E-state index in [0.717, 1.165) is 35.7 Å². The normalized spacial score (nSPS) is 12.8. The molecule has 0 amide bonds. The minimum Gasteiger partial charge on any atom is -0.399 e. The molecule has 0 spiro atoms. The van der Waals surface area contributed by atoms with Crippen LogP contribution in [0.25, 0.3) is 22.8 Å². The van der Waals surface area contributed by atoms with Crippen LogP contribution in [-0.4, -0.2) is 14.8 Å². The molecular weight excluding hydrogens is 267 g/mol. The second-order valence-electron chi connectivity index (χ2n) is 5.17. The summed E-state index contributed by atoms with van der Waals surface area (Å²) < 4.78 is 15.1. The molecule has 5 heteroatoms. The van der Waals surface area contributed by atoms with Gasteiger partial charge in [0.05, 0.1) is 0 Å². The maximum atomic E-state index is 13.1. The van der Waals surface area contributed by atoms with Crippen molar-refractivity contribution in [2.75, 3.05) is 5.73 Å². The molecule has 0 atom stereocenters. The van der Waals surface area contributed by atoms with E-state index in [9.17, 15) is 4.39 Å². The Kier molecular flexibility index (Phi) is 2.54. The number of rotatable bonds is 1. The number of halogens is 1. The van der Waals surface area contributed by atoms with Gasteiger partial charge in [-0.25, -0.2) is 4.39 Å². The molecule has 4 nitrogen and oxygen atoms in total. The van der Waals surface area contributed by atoms with Crippen molar-refractivity contribution >= 4 is 5.69 Å². The van der Waals surface area contributed by atoms with Crippen LogP contribution in [0.15, 0.2) is 42.5 Å². The van der Waals surface area contributed by atoms with Crippen LogP contribution < -0.4 is 5.73 Å². The van der Waals surface area contributed by atoms with Gasteiger partial charge < -0.3 is 10.3 Å². The lowest BCUT2D eigenvalue weighted by Gasteiger charge is -2.19. The summed E-state index contributed by atoms with van der Waals surface area (Å²) in [6.07, 6.45) is 0.912. The number of aromatic nitrogens is 3. The Morgan fingerprint density at radius 2 is 1.76 bits per heavy atom. The quantitative estimate of drug-likeness (QED) is 0.697. The minimum atomic E-state index is -0.254. The van der Waals surface area contributed by atoms with E-state index in [2.05, 4.69) is 14.8 Å². The largest absolute Gasteiger partial charge is 0.399 e. The molecule has 0 saturated carbocycles. The number of nitrogens with zero attached hydrogens (tertiary/aromatic N) is 3. The van der Waals surface area contributed by atoms with Crippen molar-refractivity contribution in [1.29, 1.82) is 0 Å². The Morgan fingerprint density at radius 3 is 2.57 bits per heavy atom. The monoisotopic (exact) mass is 280 g/mol. The van der Waals surface area contributed by atoms with E-state index in [4.69, 9.17) is 5.73 Å². The minimum absolute atomic E-state index is 0.254. The molecule has 2 N–H and O–H groups in total. The lowest BCUT2D eigenvalue weighted by atomic mass is 10.00. The zero-order valence-corrected chi connectivity index (χ0v) is 11.3. The lowest BCUT2D eigenvalue weighted by molar-refractivity contribution is 0.627. The number of fused-ring (bicyclic) bond motifs is 3. The van der Waals surface area contributed by atoms with Crippen molar-refractivity contribution in [3.05, 3.63) is 53.8 Å². The van der Waals surface area contributed by atoms with Gasteiger partial charge in [0.15, 0.2) is 11.6 Å². The summed E-state index contributed by atoms with van der Waals surface area (Å²) in [5.74, 6) is 1.33. The van der Waals surface area contributed by atoms with Crippen LogP contribution >= 0.6 is 0 Å². The van der Waals surface area contributed by atoms with Gasteiger partial charge in [-0.05, 0) is 48.4 Å². The van der Waals surface area contributed by atoms with Crippen molar-refractivity contribution < 1.29 is 4.39 Å². The second-order valence-corrected chi connectivity index (χ2v) is 5.17. The number of anilines is 1. The topological polar surface area (TPSA) is 56.7 Å². The summed E-state index contributed by atoms with van der Waals surface area (Å²) in [6.45, 7) is 0.811. The molecule has 0 unspecified atom stereocenters. The van der Waals surface area contributed by atoms with Crippen molar-refractivity contribution in [2.24, 2.45) is 0 Å². The summed E-state index contributed by atoms with van der Waals surface area (Å²) >= 11 is 0. The number of aryl methyl sites for hydroxylation is 1. The molecule has 1 aromatic heterocycles. The SMILES string of the molecule is Nc1ccc2c(c1)-c1nnc(-c3ccc(F)cc3)n1CC2. The first kappa shape index (κ1) is 12.1. The van der Waals surface area contributed by atoms with Gasteiger partial charge in [0.2, 0.25) is 0 Å². The van der Waals surface area contributed by atoms with Crippen molar-refractivity contribution in [1.82, 2.24) is 14.8 Å². The number of nitrogen functional groups attached to an aromatic ring is 1. The van der Waals surface area contributed by atoms with Crippen molar-refractivity contribution in [3.63, 3.8) is 0 Å². The second kappa shape index (κ2) is 4.41. The molecule has 0 bridgehead atoms. The fraction of sp³-hybridized carbons (Fsp3) is 0.125. The van der Waals surface area contributed by atoms with Crippen molar-refractivity contribution in [3.8, 4) is 22.8 Å². The number of hydrogen-bond acceptors (Lipinski definition) is 3. The molecule has 0 aliphatic carbocycles. The Morgan fingerprint density at radius 1 is 1.00 bits per heavy atom. The van der Waals surface area contributed by atoms with Gasteiger partial charge in [-0.2, -0.15) is 0 Å². The molecule has 0 fully saturated rings. The van der Waals surface area contributed by atoms with Crippen LogP contribution in [0.4, 0.5) is 10.1 Å². The van der Waals surface area contributed by atoms with Crippen LogP contribution in [-0.2, 0) is 13.0 Å². The van der Waals surface area contributed by atoms with Gasteiger partial charge in [-0.1, -0.05) is 6.07 Å². The highest BCUT2D eigenvalue weighted by atomic mass is 19.1. The molecule has 0 saturated heterocycles. The first-order valence-electron chi connectivity index (χ1n) is 6.80. The van der Waals surface area contributed by atoms with Gasteiger partial charge in [0, 0.05) is 23.4 Å². The van der Waals surface area contributed by atoms with Crippen LogP contribution in [0, 0.1) is 5.82 Å². The van der Waals surface area contributed by atoms with E-state index < -0.39 is 0 Å².